The molecule has 0 atom stereocenters. The molecule has 6 rings (SSSR count). The van der Waals surface area contributed by atoms with Gasteiger partial charge in [-0.05, 0) is 70.8 Å². The average molecular weight is 610 g/mol. The lowest BCUT2D eigenvalue weighted by Gasteiger charge is -2.26. The molecule has 6 aromatic rings. The zero-order valence-corrected chi connectivity index (χ0v) is 27.8. The number of nitrogens with zero attached hydrogens (tertiary/aromatic N) is 5. The van der Waals surface area contributed by atoms with Crippen molar-refractivity contribution in [2.45, 2.75) is 59.3 Å². The largest absolute Gasteiger partial charge is 0.425 e. The molecule has 0 fully saturated rings. The predicted octanol–water partition coefficient (Wildman–Crippen LogP) is 10.9. The topological polar surface area (TPSA) is 48.1 Å². The third-order valence-electron chi connectivity index (χ3n) is 8.42. The van der Waals surface area contributed by atoms with Crippen molar-refractivity contribution in [2.75, 3.05) is 4.90 Å². The van der Waals surface area contributed by atoms with Gasteiger partial charge in [0.25, 0.3) is 0 Å². The molecule has 0 saturated heterocycles. The number of anilines is 3. The van der Waals surface area contributed by atoms with Crippen LogP contribution < -0.4 is 9.64 Å². The minimum absolute atomic E-state index is 0.386. The van der Waals surface area contributed by atoms with Crippen molar-refractivity contribution in [2.24, 2.45) is 7.05 Å². The van der Waals surface area contributed by atoms with Crippen LogP contribution in [-0.2, 0) is 7.05 Å². The van der Waals surface area contributed by atoms with Crippen molar-refractivity contribution in [3.05, 3.63) is 133 Å². The molecule has 0 radical (unpaired) electrons. The molecule has 6 nitrogen and oxygen atoms in total. The molecule has 6 heteroatoms. The van der Waals surface area contributed by atoms with Gasteiger partial charge in [-0.15, -0.1) is 0 Å². The van der Waals surface area contributed by atoms with Gasteiger partial charge in [0.1, 0.15) is 5.75 Å². The molecule has 0 amide bonds. The summed E-state index contributed by atoms with van der Waals surface area (Å²) < 4.78 is 10.2. The normalized spacial score (nSPS) is 11.5. The number of para-hydroxylation sites is 1. The van der Waals surface area contributed by atoms with E-state index in [4.69, 9.17) is 9.72 Å². The minimum atomic E-state index is 0.386. The molecular weight excluding hydrogens is 566 g/mol. The summed E-state index contributed by atoms with van der Waals surface area (Å²) >= 11 is 0. The Labute approximate surface area is 273 Å². The van der Waals surface area contributed by atoms with Crippen molar-refractivity contribution in [1.82, 2.24) is 19.1 Å². The first-order valence-corrected chi connectivity index (χ1v) is 16.1. The summed E-state index contributed by atoms with van der Waals surface area (Å²) in [5.74, 6) is 1.96. The fraction of sp³-hybridized carbons (Fsp3) is 0.250. The van der Waals surface area contributed by atoms with E-state index in [0.29, 0.717) is 29.5 Å². The Kier molecular flexibility index (Phi) is 8.80. The maximum atomic E-state index is 6.14. The third-order valence-corrected chi connectivity index (χ3v) is 8.42. The maximum Gasteiger partial charge on any atom is 0.301 e. The second-order valence-electron chi connectivity index (χ2n) is 12.8. The predicted molar refractivity (Wildman–Crippen MR) is 189 cm³/mol. The molecular formula is C40H43N5O. The van der Waals surface area contributed by atoms with Gasteiger partial charge in [-0.1, -0.05) is 90.1 Å². The van der Waals surface area contributed by atoms with E-state index in [-0.39, 0.29) is 0 Å². The molecule has 0 spiro atoms. The molecule has 0 aliphatic heterocycles. The lowest BCUT2D eigenvalue weighted by Crippen LogP contribution is -2.10. The van der Waals surface area contributed by atoms with Crippen molar-refractivity contribution in [3.8, 4) is 28.7 Å². The van der Waals surface area contributed by atoms with E-state index in [1.807, 2.05) is 48.4 Å². The molecule has 0 bridgehead atoms. The van der Waals surface area contributed by atoms with E-state index in [1.54, 1.807) is 6.20 Å². The van der Waals surface area contributed by atoms with Crippen LogP contribution >= 0.6 is 0 Å². The first kappa shape index (κ1) is 30.9. The van der Waals surface area contributed by atoms with Gasteiger partial charge < -0.3 is 18.8 Å². The van der Waals surface area contributed by atoms with Gasteiger partial charge in [0.05, 0.1) is 17.7 Å². The smallest absolute Gasteiger partial charge is 0.301 e. The van der Waals surface area contributed by atoms with E-state index < -0.39 is 0 Å². The Hall–Kier alpha value is -5.10. The van der Waals surface area contributed by atoms with Crippen LogP contribution in [0.1, 0.15) is 76.0 Å². The second-order valence-corrected chi connectivity index (χ2v) is 12.8. The van der Waals surface area contributed by atoms with Crippen LogP contribution in [0.2, 0.25) is 0 Å². The SMILES string of the molecule is CC(C)c1cc(C(C)C)c(-n2cnc(-c3cccc(N(c4ccccc4)c4cccc(Oc5nccn5C)c4)c3)c2)c(C(C)C)c1. The highest BCUT2D eigenvalue weighted by Crippen LogP contribution is 2.39. The number of ether oxygens (including phenoxy) is 1. The number of hydrogen-bond acceptors (Lipinski definition) is 4. The summed E-state index contributed by atoms with van der Waals surface area (Å²) in [6.45, 7) is 13.7. The molecule has 2 heterocycles. The van der Waals surface area contributed by atoms with Crippen LogP contribution in [0.25, 0.3) is 16.9 Å². The molecule has 0 aliphatic carbocycles. The van der Waals surface area contributed by atoms with Crippen LogP contribution in [0.5, 0.6) is 11.8 Å². The highest BCUT2D eigenvalue weighted by atomic mass is 16.5. The first-order chi connectivity index (χ1) is 22.2. The summed E-state index contributed by atoms with van der Waals surface area (Å²) in [6, 6.07) is 32.4. The van der Waals surface area contributed by atoms with Gasteiger partial charge in [-0.2, -0.15) is 0 Å². The van der Waals surface area contributed by atoms with Crippen molar-refractivity contribution in [3.63, 3.8) is 0 Å². The van der Waals surface area contributed by atoms with Crippen molar-refractivity contribution < 1.29 is 4.74 Å². The van der Waals surface area contributed by atoms with E-state index >= 15 is 0 Å². The molecule has 0 unspecified atom stereocenters. The van der Waals surface area contributed by atoms with Crippen molar-refractivity contribution >= 4 is 17.1 Å². The summed E-state index contributed by atoms with van der Waals surface area (Å²) in [5, 5.41) is 0. The van der Waals surface area contributed by atoms with Gasteiger partial charge in [-0.3, -0.25) is 0 Å². The molecule has 0 aliphatic rings. The summed E-state index contributed by atoms with van der Waals surface area (Å²) in [7, 11) is 1.92. The summed E-state index contributed by atoms with van der Waals surface area (Å²) in [4.78, 5) is 11.5. The van der Waals surface area contributed by atoms with E-state index in [2.05, 4.69) is 129 Å². The highest BCUT2D eigenvalue weighted by Gasteiger charge is 2.20. The number of hydrogen-bond donors (Lipinski definition) is 0. The van der Waals surface area contributed by atoms with Crippen LogP contribution in [0.4, 0.5) is 17.1 Å². The Morgan fingerprint density at radius 3 is 1.96 bits per heavy atom. The van der Waals surface area contributed by atoms with Gasteiger partial charge in [-0.25, -0.2) is 9.97 Å². The molecule has 2 aromatic heterocycles. The zero-order chi connectivity index (χ0) is 32.4. The highest BCUT2D eigenvalue weighted by molar-refractivity contribution is 5.79. The maximum absolute atomic E-state index is 6.14. The van der Waals surface area contributed by atoms with Gasteiger partial charge in [0.15, 0.2) is 0 Å². The first-order valence-electron chi connectivity index (χ1n) is 16.1. The standard InChI is InChI=1S/C40H43N5O/c1-27(2)31-22-36(28(3)4)39(37(23-31)29(5)6)44-25-38(42-26-44)30-13-11-16-33(21-30)45(32-14-9-8-10-15-32)34-17-12-18-35(24-34)46-40-41-19-20-43(40)7/h8-29H,1-7H3. The third kappa shape index (κ3) is 6.34. The second kappa shape index (κ2) is 13.1. The molecule has 0 N–H and O–H groups in total. The Morgan fingerprint density at radius 1 is 0.674 bits per heavy atom. The Balaban J connectivity index is 1.41. The zero-order valence-electron chi connectivity index (χ0n) is 27.8. The Morgan fingerprint density at radius 2 is 1.33 bits per heavy atom. The molecule has 4 aromatic carbocycles. The summed E-state index contributed by atoms with van der Waals surface area (Å²) in [6.07, 6.45) is 7.75. The van der Waals surface area contributed by atoms with Crippen molar-refractivity contribution in [1.29, 1.82) is 0 Å². The molecule has 46 heavy (non-hydrogen) atoms. The number of aryl methyl sites for hydroxylation is 1. The molecule has 0 saturated carbocycles. The summed E-state index contributed by atoms with van der Waals surface area (Å²) in [5.41, 5.74) is 10.4. The number of benzene rings is 4. The van der Waals surface area contributed by atoms with E-state index in [0.717, 1.165) is 28.3 Å². The monoisotopic (exact) mass is 609 g/mol. The van der Waals surface area contributed by atoms with E-state index in [1.165, 1.54) is 22.4 Å². The lowest BCUT2D eigenvalue weighted by atomic mass is 9.87. The quantitative estimate of drug-likeness (QED) is 0.155. The fourth-order valence-electron chi connectivity index (χ4n) is 5.88. The van der Waals surface area contributed by atoms with Crippen LogP contribution in [-0.4, -0.2) is 19.1 Å². The van der Waals surface area contributed by atoms with Crippen LogP contribution in [0, 0.1) is 0 Å². The number of imidazole rings is 2. The van der Waals surface area contributed by atoms with Gasteiger partial charge in [0, 0.05) is 54.3 Å². The van der Waals surface area contributed by atoms with Gasteiger partial charge >= 0.3 is 6.01 Å². The fourth-order valence-corrected chi connectivity index (χ4v) is 5.88. The van der Waals surface area contributed by atoms with Crippen LogP contribution in [0.3, 0.4) is 0 Å². The van der Waals surface area contributed by atoms with Crippen LogP contribution in [0.15, 0.2) is 116 Å². The average Bonchev–Trinajstić information content (AvgIpc) is 3.70. The number of aromatic nitrogens is 4. The Bertz CT molecular complexity index is 1900. The number of rotatable bonds is 10. The van der Waals surface area contributed by atoms with Gasteiger partial charge in [0.2, 0.25) is 0 Å². The lowest BCUT2D eigenvalue weighted by molar-refractivity contribution is 0.425. The minimum Gasteiger partial charge on any atom is -0.425 e. The molecule has 234 valence electrons. The van der Waals surface area contributed by atoms with E-state index in [9.17, 15) is 0 Å².